The Bertz CT molecular complexity index is 583. The lowest BCUT2D eigenvalue weighted by molar-refractivity contribution is 0.400. The van der Waals surface area contributed by atoms with E-state index >= 15 is 0 Å². The highest BCUT2D eigenvalue weighted by Gasteiger charge is 2.12. The molecular formula is C17H24BrN3. The van der Waals surface area contributed by atoms with Crippen molar-refractivity contribution in [2.24, 2.45) is 0 Å². The molecule has 1 aromatic heterocycles. The van der Waals surface area contributed by atoms with E-state index in [-0.39, 0.29) is 0 Å². The second kappa shape index (κ2) is 7.76. The summed E-state index contributed by atoms with van der Waals surface area (Å²) in [6.07, 6.45) is 1.15. The molecule has 0 aliphatic heterocycles. The third kappa shape index (κ3) is 4.17. The summed E-state index contributed by atoms with van der Waals surface area (Å²) in [5, 5.41) is 2.05. The van der Waals surface area contributed by atoms with Gasteiger partial charge in [-0.25, -0.2) is 4.98 Å². The largest absolute Gasteiger partial charge is 0.357 e. The van der Waals surface area contributed by atoms with Gasteiger partial charge in [0, 0.05) is 29.4 Å². The molecule has 114 valence electrons. The molecule has 1 heterocycles. The Morgan fingerprint density at radius 2 is 1.90 bits per heavy atom. The molecular weight excluding hydrogens is 326 g/mol. The Hall–Kier alpha value is -1.13. The number of anilines is 1. The molecule has 0 amide bonds. The third-order valence-corrected chi connectivity index (χ3v) is 4.24. The summed E-state index contributed by atoms with van der Waals surface area (Å²) >= 11 is 3.61. The van der Waals surface area contributed by atoms with Gasteiger partial charge in [-0.3, -0.25) is 0 Å². The molecule has 0 unspecified atom stereocenters. The summed E-state index contributed by atoms with van der Waals surface area (Å²) in [6, 6.07) is 10.6. The van der Waals surface area contributed by atoms with Gasteiger partial charge < -0.3 is 9.80 Å². The maximum atomic E-state index is 4.90. The number of halogens is 1. The molecule has 0 aliphatic carbocycles. The fourth-order valence-electron chi connectivity index (χ4n) is 2.51. The molecule has 0 saturated heterocycles. The number of hydrogen-bond donors (Lipinski definition) is 0. The summed E-state index contributed by atoms with van der Waals surface area (Å²) in [6.45, 7) is 5.33. The van der Waals surface area contributed by atoms with Crippen molar-refractivity contribution in [3.63, 3.8) is 0 Å². The summed E-state index contributed by atoms with van der Waals surface area (Å²) < 4.78 is 0. The first-order chi connectivity index (χ1) is 10.2. The normalized spacial score (nSPS) is 11.3. The van der Waals surface area contributed by atoms with Crippen molar-refractivity contribution >= 4 is 32.7 Å². The van der Waals surface area contributed by atoms with Crippen LogP contribution in [0.5, 0.6) is 0 Å². The van der Waals surface area contributed by atoms with Crippen LogP contribution in [0.2, 0.25) is 0 Å². The molecule has 2 rings (SSSR count). The van der Waals surface area contributed by atoms with E-state index in [1.807, 2.05) is 0 Å². The Kier molecular flexibility index (Phi) is 6.00. The molecule has 1 aromatic carbocycles. The van der Waals surface area contributed by atoms with Crippen molar-refractivity contribution < 1.29 is 0 Å². The van der Waals surface area contributed by atoms with Gasteiger partial charge in [-0.15, -0.1) is 0 Å². The van der Waals surface area contributed by atoms with Crippen molar-refractivity contribution in [2.45, 2.75) is 18.7 Å². The number of fused-ring (bicyclic) bond motifs is 1. The Morgan fingerprint density at radius 3 is 2.57 bits per heavy atom. The number of benzene rings is 1. The first-order valence-corrected chi connectivity index (χ1v) is 8.62. The Morgan fingerprint density at radius 1 is 1.14 bits per heavy atom. The van der Waals surface area contributed by atoms with Crippen LogP contribution in [0.4, 0.5) is 5.82 Å². The van der Waals surface area contributed by atoms with Gasteiger partial charge >= 0.3 is 0 Å². The van der Waals surface area contributed by atoms with Gasteiger partial charge in [0.25, 0.3) is 0 Å². The quantitative estimate of drug-likeness (QED) is 0.706. The third-order valence-electron chi connectivity index (χ3n) is 3.64. The van der Waals surface area contributed by atoms with Crippen molar-refractivity contribution in [1.29, 1.82) is 0 Å². The van der Waals surface area contributed by atoms with E-state index in [0.717, 1.165) is 42.7 Å². The number of nitrogens with zero attached hydrogens (tertiary/aromatic N) is 3. The van der Waals surface area contributed by atoms with E-state index in [2.05, 4.69) is 77.1 Å². The van der Waals surface area contributed by atoms with Crippen LogP contribution in [0, 0.1) is 0 Å². The summed E-state index contributed by atoms with van der Waals surface area (Å²) in [5.74, 6) is 1.12. The van der Waals surface area contributed by atoms with Crippen molar-refractivity contribution in [3.8, 4) is 0 Å². The highest BCUT2D eigenvalue weighted by atomic mass is 79.9. The molecule has 2 aromatic rings. The summed E-state index contributed by atoms with van der Waals surface area (Å²) in [7, 11) is 4.24. The number of para-hydroxylation sites is 1. The lowest BCUT2D eigenvalue weighted by Crippen LogP contribution is -2.28. The van der Waals surface area contributed by atoms with Crippen LogP contribution in [-0.2, 0) is 5.33 Å². The van der Waals surface area contributed by atoms with E-state index in [1.54, 1.807) is 0 Å². The second-order valence-corrected chi connectivity index (χ2v) is 6.09. The molecule has 0 bridgehead atoms. The second-order valence-electron chi connectivity index (χ2n) is 5.53. The van der Waals surface area contributed by atoms with Crippen LogP contribution < -0.4 is 4.90 Å². The van der Waals surface area contributed by atoms with Gasteiger partial charge in [-0.2, -0.15) is 0 Å². The maximum absolute atomic E-state index is 4.90. The van der Waals surface area contributed by atoms with Crippen LogP contribution >= 0.6 is 15.9 Å². The minimum absolute atomic E-state index is 0.838. The van der Waals surface area contributed by atoms with E-state index in [9.17, 15) is 0 Å². The lowest BCUT2D eigenvalue weighted by atomic mass is 10.1. The number of hydrogen-bond acceptors (Lipinski definition) is 3. The first kappa shape index (κ1) is 16.2. The van der Waals surface area contributed by atoms with Crippen molar-refractivity contribution in [1.82, 2.24) is 9.88 Å². The summed E-state index contributed by atoms with van der Waals surface area (Å²) in [4.78, 5) is 9.51. The number of alkyl halides is 1. The van der Waals surface area contributed by atoms with E-state index < -0.39 is 0 Å². The van der Waals surface area contributed by atoms with Gasteiger partial charge in [-0.1, -0.05) is 34.1 Å². The maximum Gasteiger partial charge on any atom is 0.133 e. The van der Waals surface area contributed by atoms with Crippen LogP contribution in [0.25, 0.3) is 10.9 Å². The highest BCUT2D eigenvalue weighted by Crippen LogP contribution is 2.25. The molecule has 0 N–H and O–H groups in total. The predicted molar refractivity (Wildman–Crippen MR) is 95.4 cm³/mol. The fraction of sp³-hybridized carbons (Fsp3) is 0.471. The Labute approximate surface area is 136 Å². The number of rotatable bonds is 7. The number of aromatic nitrogens is 1. The molecule has 0 saturated carbocycles. The molecule has 0 fully saturated rings. The molecule has 21 heavy (non-hydrogen) atoms. The zero-order valence-electron chi connectivity index (χ0n) is 13.1. The fourth-order valence-corrected chi connectivity index (χ4v) is 2.93. The number of pyridine rings is 1. The molecule has 3 nitrogen and oxygen atoms in total. The lowest BCUT2D eigenvalue weighted by Gasteiger charge is -2.25. The summed E-state index contributed by atoms with van der Waals surface area (Å²) in [5.41, 5.74) is 2.34. The van der Waals surface area contributed by atoms with Gasteiger partial charge in [0.15, 0.2) is 0 Å². The average molecular weight is 350 g/mol. The van der Waals surface area contributed by atoms with Gasteiger partial charge in [0.1, 0.15) is 5.82 Å². The van der Waals surface area contributed by atoms with E-state index in [0.29, 0.717) is 0 Å². The van der Waals surface area contributed by atoms with Gasteiger partial charge in [0.2, 0.25) is 0 Å². The molecule has 0 spiro atoms. The average Bonchev–Trinajstić information content (AvgIpc) is 2.50. The first-order valence-electron chi connectivity index (χ1n) is 7.50. The monoisotopic (exact) mass is 349 g/mol. The molecule has 4 heteroatoms. The Balaban J connectivity index is 2.28. The van der Waals surface area contributed by atoms with Crippen LogP contribution in [0.3, 0.4) is 0 Å². The smallest absolute Gasteiger partial charge is 0.133 e. The molecule has 0 atom stereocenters. The predicted octanol–water partition coefficient (Wildman–Crippen LogP) is 3.91. The van der Waals surface area contributed by atoms with Gasteiger partial charge in [0.05, 0.1) is 5.52 Å². The highest BCUT2D eigenvalue weighted by molar-refractivity contribution is 9.08. The zero-order chi connectivity index (χ0) is 15.2. The van der Waals surface area contributed by atoms with E-state index in [1.165, 1.54) is 10.9 Å². The minimum Gasteiger partial charge on any atom is -0.357 e. The minimum atomic E-state index is 0.838. The van der Waals surface area contributed by atoms with Crippen LogP contribution in [0.15, 0.2) is 30.3 Å². The zero-order valence-corrected chi connectivity index (χ0v) is 14.7. The van der Waals surface area contributed by atoms with E-state index in [4.69, 9.17) is 4.98 Å². The molecule has 0 aliphatic rings. The topological polar surface area (TPSA) is 19.4 Å². The van der Waals surface area contributed by atoms with Crippen LogP contribution in [-0.4, -0.2) is 43.6 Å². The standard InChI is InChI=1S/C17H24BrN3/c1-4-21(11-7-10-20(2)3)17-15(13-18)12-14-8-5-6-9-16(14)19-17/h5-6,8-9,12H,4,7,10-11,13H2,1-3H3. The van der Waals surface area contributed by atoms with Crippen LogP contribution in [0.1, 0.15) is 18.9 Å². The SMILES string of the molecule is CCN(CCCN(C)C)c1nc2ccccc2cc1CBr. The van der Waals surface area contributed by atoms with Crippen molar-refractivity contribution in [3.05, 3.63) is 35.9 Å². The van der Waals surface area contributed by atoms with Crippen molar-refractivity contribution in [2.75, 3.05) is 38.6 Å². The van der Waals surface area contributed by atoms with Gasteiger partial charge in [-0.05, 0) is 46.1 Å². The molecule has 0 radical (unpaired) electrons.